The second-order valence-corrected chi connectivity index (χ2v) is 9.92. The van der Waals surface area contributed by atoms with Crippen LogP contribution in [0.1, 0.15) is 91.8 Å². The molecule has 1 saturated carbocycles. The van der Waals surface area contributed by atoms with Gasteiger partial charge < -0.3 is 9.47 Å². The van der Waals surface area contributed by atoms with Crippen molar-refractivity contribution in [2.75, 3.05) is 0 Å². The van der Waals surface area contributed by atoms with Crippen LogP contribution in [0.15, 0.2) is 42.5 Å². The second kappa shape index (κ2) is 13.6. The van der Waals surface area contributed by atoms with Crippen LogP contribution in [0.3, 0.4) is 0 Å². The van der Waals surface area contributed by atoms with E-state index in [4.69, 9.17) is 32.7 Å². The van der Waals surface area contributed by atoms with Crippen molar-refractivity contribution in [2.24, 2.45) is 11.8 Å². The summed E-state index contributed by atoms with van der Waals surface area (Å²) in [5.41, 5.74) is 0.440. The molecule has 0 unspecified atom stereocenters. The Morgan fingerprint density at radius 2 is 1.51 bits per heavy atom. The Bertz CT molecular complexity index is 1010. The van der Waals surface area contributed by atoms with Crippen molar-refractivity contribution in [3.63, 3.8) is 0 Å². The molecule has 7 heteroatoms. The van der Waals surface area contributed by atoms with E-state index in [0.717, 1.165) is 25.7 Å². The predicted molar refractivity (Wildman–Crippen MR) is 137 cm³/mol. The maximum Gasteiger partial charge on any atom is 0.345 e. The molecule has 0 aromatic heterocycles. The van der Waals surface area contributed by atoms with Crippen LogP contribution in [0, 0.1) is 11.8 Å². The highest BCUT2D eigenvalue weighted by Gasteiger charge is 2.28. The van der Waals surface area contributed by atoms with E-state index < -0.39 is 11.2 Å². The molecule has 2 aromatic rings. The minimum Gasteiger partial charge on any atom is -0.426 e. The van der Waals surface area contributed by atoms with Gasteiger partial charge in [0.25, 0.3) is 5.24 Å². The lowest BCUT2D eigenvalue weighted by atomic mass is 9.80. The molecule has 3 rings (SSSR count). The van der Waals surface area contributed by atoms with Gasteiger partial charge in [0.05, 0.1) is 16.5 Å². The van der Waals surface area contributed by atoms with Crippen LogP contribution >= 0.6 is 23.2 Å². The maximum absolute atomic E-state index is 12.7. The summed E-state index contributed by atoms with van der Waals surface area (Å²) in [6.07, 6.45) is 11.6. The van der Waals surface area contributed by atoms with Crippen molar-refractivity contribution in [3.05, 3.63) is 58.6 Å². The Hall–Kier alpha value is -2.37. The zero-order valence-corrected chi connectivity index (χ0v) is 21.6. The van der Waals surface area contributed by atoms with E-state index in [1.807, 2.05) is 0 Å². The van der Waals surface area contributed by atoms with Gasteiger partial charge in [-0.2, -0.15) is 0 Å². The number of carbonyl (C=O) groups excluding carboxylic acids is 3. The summed E-state index contributed by atoms with van der Waals surface area (Å²) in [5, 5.41) is -0.471. The van der Waals surface area contributed by atoms with Crippen molar-refractivity contribution in [2.45, 2.75) is 71.1 Å². The van der Waals surface area contributed by atoms with Crippen LogP contribution in [-0.2, 0) is 4.79 Å². The number of halogens is 2. The summed E-state index contributed by atoms with van der Waals surface area (Å²) >= 11 is 11.7. The fourth-order valence-corrected chi connectivity index (χ4v) is 4.84. The van der Waals surface area contributed by atoms with E-state index in [1.165, 1.54) is 81.0 Å². The molecule has 1 aliphatic carbocycles. The topological polar surface area (TPSA) is 69.7 Å². The SMILES string of the molecule is CCCCCCC[C@H]1CC[C@H](C(=O)Oc2ccc(C(=O)Oc3ccc(C(=O)Cl)cc3)c(Cl)c2)CC1. The number of benzene rings is 2. The number of rotatable bonds is 11. The molecule has 35 heavy (non-hydrogen) atoms. The summed E-state index contributed by atoms with van der Waals surface area (Å²) in [7, 11) is 0. The van der Waals surface area contributed by atoms with Crippen LogP contribution in [0.5, 0.6) is 11.5 Å². The number of carbonyl (C=O) groups is 3. The molecule has 2 aromatic carbocycles. The minimum atomic E-state index is -0.661. The first-order valence-electron chi connectivity index (χ1n) is 12.4. The minimum absolute atomic E-state index is 0.0994. The summed E-state index contributed by atoms with van der Waals surface area (Å²) < 4.78 is 10.9. The first-order valence-corrected chi connectivity index (χ1v) is 13.2. The lowest BCUT2D eigenvalue weighted by Crippen LogP contribution is -2.25. The molecular weight excluding hydrogens is 487 g/mol. The molecule has 0 atom stereocenters. The lowest BCUT2D eigenvalue weighted by Gasteiger charge is -2.27. The average Bonchev–Trinajstić information content (AvgIpc) is 2.84. The third-order valence-corrected chi connectivity index (χ3v) is 7.10. The summed E-state index contributed by atoms with van der Waals surface area (Å²) in [4.78, 5) is 36.3. The molecule has 1 fully saturated rings. The van der Waals surface area contributed by atoms with E-state index in [2.05, 4.69) is 6.92 Å². The van der Waals surface area contributed by atoms with E-state index >= 15 is 0 Å². The van der Waals surface area contributed by atoms with Gasteiger partial charge in [0.15, 0.2) is 0 Å². The van der Waals surface area contributed by atoms with Gasteiger partial charge in [-0.15, -0.1) is 0 Å². The molecule has 0 radical (unpaired) electrons. The first kappa shape index (κ1) is 27.2. The third-order valence-electron chi connectivity index (χ3n) is 6.57. The van der Waals surface area contributed by atoms with Crippen molar-refractivity contribution >= 4 is 40.4 Å². The van der Waals surface area contributed by atoms with E-state index in [0.29, 0.717) is 17.2 Å². The van der Waals surface area contributed by atoms with Gasteiger partial charge in [0.1, 0.15) is 11.5 Å². The molecule has 0 bridgehead atoms. The molecule has 0 saturated heterocycles. The van der Waals surface area contributed by atoms with Gasteiger partial charge in [-0.1, -0.05) is 57.0 Å². The highest BCUT2D eigenvalue weighted by molar-refractivity contribution is 6.67. The monoisotopic (exact) mass is 518 g/mol. The molecule has 1 aliphatic rings. The number of hydrogen-bond donors (Lipinski definition) is 0. The summed E-state index contributed by atoms with van der Waals surface area (Å²) in [5.74, 6) is 0.265. The number of ether oxygens (including phenoxy) is 2. The molecule has 0 N–H and O–H groups in total. The van der Waals surface area contributed by atoms with Gasteiger partial charge in [-0.05, 0) is 79.6 Å². The number of esters is 2. The average molecular weight is 519 g/mol. The van der Waals surface area contributed by atoms with E-state index in [-0.39, 0.29) is 28.2 Å². The van der Waals surface area contributed by atoms with E-state index in [9.17, 15) is 14.4 Å². The van der Waals surface area contributed by atoms with Crippen molar-refractivity contribution in [3.8, 4) is 11.5 Å². The van der Waals surface area contributed by atoms with Crippen LogP contribution in [0.25, 0.3) is 0 Å². The Morgan fingerprint density at radius 3 is 2.14 bits per heavy atom. The first-order chi connectivity index (χ1) is 16.9. The predicted octanol–water partition coefficient (Wildman–Crippen LogP) is 8.01. The maximum atomic E-state index is 12.7. The Labute approximate surface area is 217 Å². The fourth-order valence-electron chi connectivity index (χ4n) is 4.46. The second-order valence-electron chi connectivity index (χ2n) is 9.17. The number of unbranched alkanes of at least 4 members (excludes halogenated alkanes) is 4. The van der Waals surface area contributed by atoms with Gasteiger partial charge in [0.2, 0.25) is 0 Å². The molecule has 0 amide bonds. The highest BCUT2D eigenvalue weighted by Crippen LogP contribution is 2.33. The summed E-state index contributed by atoms with van der Waals surface area (Å²) in [6.45, 7) is 2.23. The summed E-state index contributed by atoms with van der Waals surface area (Å²) in [6, 6.07) is 10.3. The van der Waals surface area contributed by atoms with Crippen LogP contribution in [0.2, 0.25) is 5.02 Å². The van der Waals surface area contributed by atoms with Crippen LogP contribution in [0.4, 0.5) is 0 Å². The van der Waals surface area contributed by atoms with Gasteiger partial charge in [-0.3, -0.25) is 9.59 Å². The van der Waals surface area contributed by atoms with E-state index in [1.54, 1.807) is 0 Å². The fraction of sp³-hybridized carbons (Fsp3) is 0.464. The molecule has 5 nitrogen and oxygen atoms in total. The Kier molecular flexibility index (Phi) is 10.6. The van der Waals surface area contributed by atoms with Crippen molar-refractivity contribution in [1.82, 2.24) is 0 Å². The molecule has 0 heterocycles. The van der Waals surface area contributed by atoms with Gasteiger partial charge in [-0.25, -0.2) is 4.79 Å². The molecule has 188 valence electrons. The largest absolute Gasteiger partial charge is 0.426 e. The zero-order chi connectivity index (χ0) is 25.2. The van der Waals surface area contributed by atoms with Crippen LogP contribution < -0.4 is 9.47 Å². The molecule has 0 aliphatic heterocycles. The standard InChI is InChI=1S/C28H32Cl2O5/c1-2-3-4-5-6-7-19-8-10-21(11-9-19)27(32)35-23-16-17-24(25(29)18-23)28(33)34-22-14-12-20(13-15-22)26(30)31/h12-19,21H,2-11H2,1H3/t19-,21-. The highest BCUT2D eigenvalue weighted by atomic mass is 35.5. The smallest absolute Gasteiger partial charge is 0.345 e. The van der Waals surface area contributed by atoms with Gasteiger partial charge in [0, 0.05) is 11.6 Å². The Balaban J connectivity index is 1.47. The third kappa shape index (κ3) is 8.36. The number of hydrogen-bond acceptors (Lipinski definition) is 5. The molecular formula is C28H32Cl2O5. The normalized spacial score (nSPS) is 17.6. The van der Waals surface area contributed by atoms with Crippen molar-refractivity contribution < 1.29 is 23.9 Å². The molecule has 0 spiro atoms. The lowest BCUT2D eigenvalue weighted by molar-refractivity contribution is -0.140. The van der Waals surface area contributed by atoms with Gasteiger partial charge >= 0.3 is 11.9 Å². The quantitative estimate of drug-likeness (QED) is 0.130. The Morgan fingerprint density at radius 1 is 0.857 bits per heavy atom. The van der Waals surface area contributed by atoms with Crippen LogP contribution in [-0.4, -0.2) is 17.2 Å². The van der Waals surface area contributed by atoms with Crippen molar-refractivity contribution in [1.29, 1.82) is 0 Å². The zero-order valence-electron chi connectivity index (χ0n) is 20.1.